The molecule has 0 fully saturated rings. The molecule has 0 saturated heterocycles. The van der Waals surface area contributed by atoms with Crippen LogP contribution in [-0.2, 0) is 10.0 Å². The monoisotopic (exact) mass is 350 g/mol. The first kappa shape index (κ1) is 15.3. The van der Waals surface area contributed by atoms with Crippen LogP contribution in [0.25, 0.3) is 21.8 Å². The predicted octanol–water partition coefficient (Wildman–Crippen LogP) is 3.17. The fourth-order valence-electron chi connectivity index (χ4n) is 2.79. The van der Waals surface area contributed by atoms with Crippen LogP contribution in [0.1, 0.15) is 0 Å². The number of nitrogen functional groups attached to an aromatic ring is 1. The van der Waals surface area contributed by atoms with Crippen LogP contribution in [0.4, 0.5) is 11.4 Å². The normalized spacial score (nSPS) is 11.7. The smallest absolute Gasteiger partial charge is 0.261 e. The lowest BCUT2D eigenvalue weighted by Gasteiger charge is -2.15. The van der Waals surface area contributed by atoms with Crippen molar-refractivity contribution in [2.24, 2.45) is 0 Å². The molecule has 3 N–H and O–H groups in total. The maximum atomic E-state index is 12.7. The molecule has 0 aliphatic rings. The van der Waals surface area contributed by atoms with Gasteiger partial charge in [0.1, 0.15) is 0 Å². The number of hydrogen-bond acceptors (Lipinski definition) is 5. The number of nitrogens with zero attached hydrogens (tertiary/aromatic N) is 2. The molecule has 2 aromatic heterocycles. The number of nitrogens with two attached hydrogens (primary N) is 1. The summed E-state index contributed by atoms with van der Waals surface area (Å²) in [5, 5.41) is 1.25. The second-order valence-electron chi connectivity index (χ2n) is 5.51. The van der Waals surface area contributed by atoms with Crippen molar-refractivity contribution in [1.82, 2.24) is 9.97 Å². The Morgan fingerprint density at radius 2 is 1.40 bits per heavy atom. The summed E-state index contributed by atoms with van der Waals surface area (Å²) >= 11 is 0. The zero-order chi connectivity index (χ0) is 17.4. The molecule has 0 aliphatic heterocycles. The van der Waals surface area contributed by atoms with Gasteiger partial charge in [0, 0.05) is 23.2 Å². The maximum Gasteiger partial charge on any atom is 0.261 e. The number of hydrogen-bond donors (Lipinski definition) is 2. The third-order valence-corrected chi connectivity index (χ3v) is 5.32. The lowest BCUT2D eigenvalue weighted by Crippen LogP contribution is -2.14. The molecular formula is C18H14N4O2S. The summed E-state index contributed by atoms with van der Waals surface area (Å²) in [5.41, 5.74) is 8.14. The van der Waals surface area contributed by atoms with Crippen molar-refractivity contribution in [3.63, 3.8) is 0 Å². The highest BCUT2D eigenvalue weighted by Gasteiger charge is 2.20. The van der Waals surface area contributed by atoms with Crippen LogP contribution in [0.3, 0.4) is 0 Å². The first-order valence-electron chi connectivity index (χ1n) is 7.57. The average molecular weight is 350 g/mol. The summed E-state index contributed by atoms with van der Waals surface area (Å²) < 4.78 is 28.1. The molecule has 2 aromatic carbocycles. The van der Waals surface area contributed by atoms with Crippen LogP contribution in [0.15, 0.2) is 71.9 Å². The molecule has 0 bridgehead atoms. The SMILES string of the molecule is Nc1c(NS(=O)(=O)c2ccccc2)c2cccnc2c2ncccc12. The maximum absolute atomic E-state index is 12.7. The summed E-state index contributed by atoms with van der Waals surface area (Å²) in [7, 11) is -3.77. The van der Waals surface area contributed by atoms with Gasteiger partial charge in [0.15, 0.2) is 0 Å². The zero-order valence-corrected chi connectivity index (χ0v) is 13.9. The minimum Gasteiger partial charge on any atom is -0.396 e. The van der Waals surface area contributed by atoms with Gasteiger partial charge >= 0.3 is 0 Å². The van der Waals surface area contributed by atoms with Gasteiger partial charge < -0.3 is 5.73 Å². The van der Waals surface area contributed by atoms with Crippen molar-refractivity contribution >= 4 is 43.2 Å². The molecule has 0 atom stereocenters. The Balaban J connectivity index is 1.99. The van der Waals surface area contributed by atoms with Crippen molar-refractivity contribution in [1.29, 1.82) is 0 Å². The van der Waals surface area contributed by atoms with Crippen molar-refractivity contribution in [2.75, 3.05) is 10.5 Å². The number of sulfonamides is 1. The summed E-state index contributed by atoms with van der Waals surface area (Å²) in [6.07, 6.45) is 3.30. The number of aromatic nitrogens is 2. The molecule has 7 heteroatoms. The molecule has 124 valence electrons. The van der Waals surface area contributed by atoms with E-state index >= 15 is 0 Å². The van der Waals surface area contributed by atoms with Crippen molar-refractivity contribution < 1.29 is 8.42 Å². The third kappa shape index (κ3) is 2.54. The Hall–Kier alpha value is -3.19. The van der Waals surface area contributed by atoms with Gasteiger partial charge in [-0.3, -0.25) is 14.7 Å². The van der Waals surface area contributed by atoms with E-state index in [9.17, 15) is 8.42 Å². The summed E-state index contributed by atoms with van der Waals surface area (Å²) in [5.74, 6) is 0. The lowest BCUT2D eigenvalue weighted by atomic mass is 10.1. The largest absolute Gasteiger partial charge is 0.396 e. The Bertz CT molecular complexity index is 1190. The summed E-state index contributed by atoms with van der Waals surface area (Å²) in [6.45, 7) is 0. The van der Waals surface area contributed by atoms with Crippen molar-refractivity contribution in [3.8, 4) is 0 Å². The third-order valence-electron chi connectivity index (χ3n) is 3.96. The molecule has 0 aliphatic carbocycles. The fraction of sp³-hybridized carbons (Fsp3) is 0. The first-order chi connectivity index (χ1) is 12.1. The Morgan fingerprint density at radius 1 is 0.800 bits per heavy atom. The van der Waals surface area contributed by atoms with Crippen LogP contribution < -0.4 is 10.5 Å². The highest BCUT2D eigenvalue weighted by atomic mass is 32.2. The second kappa shape index (κ2) is 5.71. The average Bonchev–Trinajstić information content (AvgIpc) is 2.66. The molecule has 4 rings (SSSR count). The molecule has 25 heavy (non-hydrogen) atoms. The van der Waals surface area contributed by atoms with Gasteiger partial charge in [-0.2, -0.15) is 0 Å². The van der Waals surface area contributed by atoms with Gasteiger partial charge in [-0.15, -0.1) is 0 Å². The number of nitrogens with one attached hydrogen (secondary N) is 1. The van der Waals surface area contributed by atoms with Gasteiger partial charge in [0.25, 0.3) is 10.0 Å². The van der Waals surface area contributed by atoms with E-state index in [0.29, 0.717) is 33.2 Å². The van der Waals surface area contributed by atoms with Crippen LogP contribution in [-0.4, -0.2) is 18.4 Å². The number of pyridine rings is 2. The molecule has 0 spiro atoms. The van der Waals surface area contributed by atoms with Crippen LogP contribution in [0.2, 0.25) is 0 Å². The summed E-state index contributed by atoms with van der Waals surface area (Å²) in [4.78, 5) is 8.87. The number of fused-ring (bicyclic) bond motifs is 3. The second-order valence-corrected chi connectivity index (χ2v) is 7.19. The summed E-state index contributed by atoms with van der Waals surface area (Å²) in [6, 6.07) is 15.2. The van der Waals surface area contributed by atoms with Crippen LogP contribution >= 0.6 is 0 Å². The molecule has 0 saturated carbocycles. The van der Waals surface area contributed by atoms with E-state index < -0.39 is 10.0 Å². The minimum atomic E-state index is -3.77. The number of rotatable bonds is 3. The molecule has 0 unspecified atom stereocenters. The highest BCUT2D eigenvalue weighted by Crippen LogP contribution is 2.37. The molecule has 0 amide bonds. The van der Waals surface area contributed by atoms with Gasteiger partial charge in [-0.05, 0) is 36.4 Å². The quantitative estimate of drug-likeness (QED) is 0.336. The Morgan fingerprint density at radius 3 is 2.08 bits per heavy atom. The van der Waals surface area contributed by atoms with Crippen LogP contribution in [0, 0.1) is 0 Å². The number of anilines is 2. The van der Waals surface area contributed by atoms with E-state index in [1.54, 1.807) is 54.9 Å². The Kier molecular flexibility index (Phi) is 3.51. The standard InChI is InChI=1S/C18H14N4O2S/c19-15-13-8-4-10-20-17(13)18-14(9-5-11-21-18)16(15)22-25(23,24)12-6-2-1-3-7-12/h1-11,22H,19H2. The number of benzene rings is 2. The minimum absolute atomic E-state index is 0.165. The van der Waals surface area contributed by atoms with Crippen LogP contribution in [0.5, 0.6) is 0 Å². The molecule has 0 radical (unpaired) electrons. The van der Waals surface area contributed by atoms with Crippen molar-refractivity contribution in [3.05, 3.63) is 67.0 Å². The molecule has 4 aromatic rings. The predicted molar refractivity (Wildman–Crippen MR) is 98.7 cm³/mol. The first-order valence-corrected chi connectivity index (χ1v) is 9.05. The van der Waals surface area contributed by atoms with E-state index in [2.05, 4.69) is 14.7 Å². The Labute approximate surface area is 144 Å². The van der Waals surface area contributed by atoms with E-state index in [4.69, 9.17) is 5.73 Å². The van der Waals surface area contributed by atoms with Gasteiger partial charge in [0.2, 0.25) is 0 Å². The topological polar surface area (TPSA) is 98.0 Å². The highest BCUT2D eigenvalue weighted by molar-refractivity contribution is 7.92. The van der Waals surface area contributed by atoms with Crippen molar-refractivity contribution in [2.45, 2.75) is 4.90 Å². The van der Waals surface area contributed by atoms with Gasteiger partial charge in [-0.25, -0.2) is 8.42 Å². The molecule has 2 heterocycles. The van der Waals surface area contributed by atoms with E-state index in [1.807, 2.05) is 0 Å². The van der Waals surface area contributed by atoms with Gasteiger partial charge in [-0.1, -0.05) is 18.2 Å². The fourth-order valence-corrected chi connectivity index (χ4v) is 3.91. The van der Waals surface area contributed by atoms with Gasteiger partial charge in [0.05, 0.1) is 27.3 Å². The van der Waals surface area contributed by atoms with E-state index in [0.717, 1.165) is 0 Å². The molecular weight excluding hydrogens is 336 g/mol. The lowest BCUT2D eigenvalue weighted by molar-refractivity contribution is 0.601. The van der Waals surface area contributed by atoms with E-state index in [1.165, 1.54) is 12.1 Å². The van der Waals surface area contributed by atoms with E-state index in [-0.39, 0.29) is 4.90 Å². The zero-order valence-electron chi connectivity index (χ0n) is 13.0. The molecule has 6 nitrogen and oxygen atoms in total.